The molecule has 0 aromatic heterocycles. The number of aliphatic hydroxyl groups is 1. The van der Waals surface area contributed by atoms with Crippen molar-refractivity contribution in [1.29, 1.82) is 0 Å². The molecule has 0 aliphatic heterocycles. The van der Waals surface area contributed by atoms with E-state index in [-0.39, 0.29) is 17.7 Å². The van der Waals surface area contributed by atoms with Gasteiger partial charge in [0.1, 0.15) is 0 Å². The quantitative estimate of drug-likeness (QED) is 0.843. The van der Waals surface area contributed by atoms with Crippen molar-refractivity contribution in [2.24, 2.45) is 5.92 Å². The minimum Gasteiger partial charge on any atom is -0.393 e. The van der Waals surface area contributed by atoms with Crippen LogP contribution in [0.2, 0.25) is 5.02 Å². The summed E-state index contributed by atoms with van der Waals surface area (Å²) in [6.45, 7) is 6.25. The molecule has 0 radical (unpaired) electrons. The van der Waals surface area contributed by atoms with Gasteiger partial charge in [0.2, 0.25) is 5.91 Å². The number of hydrogen-bond donors (Lipinski definition) is 2. The fourth-order valence-electron chi connectivity index (χ4n) is 2.02. The molecule has 2 unspecified atom stereocenters. The topological polar surface area (TPSA) is 49.3 Å². The van der Waals surface area contributed by atoms with Crippen LogP contribution in [-0.2, 0) is 4.79 Å². The monoisotopic (exact) mass is 283 g/mol. The van der Waals surface area contributed by atoms with Gasteiger partial charge in [0.25, 0.3) is 0 Å². The Kier molecular flexibility index (Phi) is 6.32. The van der Waals surface area contributed by atoms with Crippen molar-refractivity contribution in [3.8, 4) is 0 Å². The maximum absolute atomic E-state index is 12.2. The van der Waals surface area contributed by atoms with Crippen LogP contribution in [0.15, 0.2) is 24.3 Å². The molecule has 1 rings (SSSR count). The van der Waals surface area contributed by atoms with Gasteiger partial charge in [-0.2, -0.15) is 0 Å². The van der Waals surface area contributed by atoms with Crippen LogP contribution < -0.4 is 5.32 Å². The van der Waals surface area contributed by atoms with E-state index >= 15 is 0 Å². The molecule has 0 aliphatic carbocycles. The molecule has 1 amide bonds. The minimum absolute atomic E-state index is 0.00188. The van der Waals surface area contributed by atoms with Crippen molar-refractivity contribution in [3.63, 3.8) is 0 Å². The van der Waals surface area contributed by atoms with Gasteiger partial charge in [-0.05, 0) is 37.0 Å². The molecule has 2 atom stereocenters. The molecule has 0 fully saturated rings. The minimum atomic E-state index is -0.395. The third-order valence-corrected chi connectivity index (χ3v) is 3.29. The molecule has 0 saturated heterocycles. The zero-order valence-electron chi connectivity index (χ0n) is 11.7. The Labute approximate surface area is 120 Å². The summed E-state index contributed by atoms with van der Waals surface area (Å²) in [5, 5.41) is 12.7. The van der Waals surface area contributed by atoms with Crippen LogP contribution >= 0.6 is 11.6 Å². The van der Waals surface area contributed by atoms with Gasteiger partial charge in [-0.3, -0.25) is 4.79 Å². The maximum Gasteiger partial charge on any atom is 0.227 e. The number of carbonyl (C=O) groups is 1. The smallest absolute Gasteiger partial charge is 0.227 e. The molecule has 0 heterocycles. The summed E-state index contributed by atoms with van der Waals surface area (Å²) in [4.78, 5) is 12.2. The van der Waals surface area contributed by atoms with E-state index in [0.717, 1.165) is 5.56 Å². The van der Waals surface area contributed by atoms with E-state index in [1.54, 1.807) is 19.1 Å². The lowest BCUT2D eigenvalue weighted by atomic mass is 9.87. The third kappa shape index (κ3) is 5.21. The van der Waals surface area contributed by atoms with Gasteiger partial charge < -0.3 is 10.4 Å². The summed E-state index contributed by atoms with van der Waals surface area (Å²) in [6, 6.07) is 7.38. The zero-order chi connectivity index (χ0) is 14.4. The van der Waals surface area contributed by atoms with Crippen LogP contribution in [0.3, 0.4) is 0 Å². The first kappa shape index (κ1) is 16.0. The van der Waals surface area contributed by atoms with E-state index < -0.39 is 6.10 Å². The molecule has 106 valence electrons. The summed E-state index contributed by atoms with van der Waals surface area (Å²) < 4.78 is 0. The Morgan fingerprint density at radius 2 is 1.84 bits per heavy atom. The highest BCUT2D eigenvalue weighted by Gasteiger charge is 2.23. The van der Waals surface area contributed by atoms with Crippen molar-refractivity contribution in [2.45, 2.75) is 39.2 Å². The summed E-state index contributed by atoms with van der Waals surface area (Å²) in [7, 11) is 0. The average Bonchev–Trinajstić information content (AvgIpc) is 2.31. The highest BCUT2D eigenvalue weighted by Crippen LogP contribution is 2.25. The molecule has 4 heteroatoms. The van der Waals surface area contributed by atoms with Gasteiger partial charge in [0, 0.05) is 11.6 Å². The second kappa shape index (κ2) is 7.51. The summed E-state index contributed by atoms with van der Waals surface area (Å²) in [5.74, 6) is 0.0111. The Hall–Kier alpha value is -1.06. The summed E-state index contributed by atoms with van der Waals surface area (Å²) in [6.07, 6.45) is 0.172. The predicted octanol–water partition coefficient (Wildman–Crippen LogP) is 2.97. The summed E-state index contributed by atoms with van der Waals surface area (Å²) >= 11 is 5.87. The fourth-order valence-corrected chi connectivity index (χ4v) is 2.15. The molecule has 0 bridgehead atoms. The normalized spacial score (nSPS) is 14.2. The Morgan fingerprint density at radius 1 is 1.26 bits per heavy atom. The van der Waals surface area contributed by atoms with Gasteiger partial charge in [-0.15, -0.1) is 0 Å². The molecular formula is C15H22ClNO2. The van der Waals surface area contributed by atoms with Crippen molar-refractivity contribution < 1.29 is 9.90 Å². The predicted molar refractivity (Wildman–Crippen MR) is 78.3 cm³/mol. The van der Waals surface area contributed by atoms with E-state index in [1.807, 2.05) is 26.0 Å². The molecule has 1 aromatic carbocycles. The summed E-state index contributed by atoms with van der Waals surface area (Å²) in [5.41, 5.74) is 0.967. The number of nitrogens with one attached hydrogen (secondary N) is 1. The number of halogens is 1. The zero-order valence-corrected chi connectivity index (χ0v) is 12.4. The molecule has 0 spiro atoms. The first-order valence-corrected chi connectivity index (χ1v) is 7.01. The van der Waals surface area contributed by atoms with Gasteiger partial charge in [0.05, 0.1) is 12.0 Å². The Balaban J connectivity index is 2.72. The van der Waals surface area contributed by atoms with E-state index in [2.05, 4.69) is 5.32 Å². The van der Waals surface area contributed by atoms with E-state index in [9.17, 15) is 9.90 Å². The maximum atomic E-state index is 12.2. The Morgan fingerprint density at radius 3 is 2.32 bits per heavy atom. The third-order valence-electron chi connectivity index (χ3n) is 3.04. The molecule has 1 aromatic rings. The highest BCUT2D eigenvalue weighted by atomic mass is 35.5. The van der Waals surface area contributed by atoms with Crippen molar-refractivity contribution >= 4 is 17.5 Å². The van der Waals surface area contributed by atoms with Crippen LogP contribution in [0.25, 0.3) is 0 Å². The van der Waals surface area contributed by atoms with Crippen LogP contribution in [0.1, 0.15) is 38.7 Å². The van der Waals surface area contributed by atoms with E-state index in [1.165, 1.54) is 0 Å². The second-order valence-corrected chi connectivity index (χ2v) is 5.64. The first-order chi connectivity index (χ1) is 8.91. The van der Waals surface area contributed by atoms with Gasteiger partial charge >= 0.3 is 0 Å². The Bertz CT molecular complexity index is 401. The fraction of sp³-hybridized carbons (Fsp3) is 0.533. The lowest BCUT2D eigenvalue weighted by Gasteiger charge is -2.21. The van der Waals surface area contributed by atoms with Gasteiger partial charge in [-0.25, -0.2) is 0 Å². The molecule has 3 nitrogen and oxygen atoms in total. The number of rotatable bonds is 6. The van der Waals surface area contributed by atoms with Crippen LogP contribution in [0.4, 0.5) is 0 Å². The molecule has 19 heavy (non-hydrogen) atoms. The highest BCUT2D eigenvalue weighted by molar-refractivity contribution is 6.30. The molecule has 0 aliphatic rings. The lowest BCUT2D eigenvalue weighted by Crippen LogP contribution is -2.33. The van der Waals surface area contributed by atoms with Crippen LogP contribution in [0.5, 0.6) is 0 Å². The van der Waals surface area contributed by atoms with Crippen molar-refractivity contribution in [1.82, 2.24) is 5.32 Å². The first-order valence-electron chi connectivity index (χ1n) is 6.63. The van der Waals surface area contributed by atoms with Gasteiger partial charge in [-0.1, -0.05) is 37.6 Å². The second-order valence-electron chi connectivity index (χ2n) is 5.20. The SMILES string of the molecule is CC(O)CCNC(=O)C(c1ccc(Cl)cc1)C(C)C. The lowest BCUT2D eigenvalue weighted by molar-refractivity contribution is -0.123. The average molecular weight is 284 g/mol. The van der Waals surface area contributed by atoms with E-state index in [4.69, 9.17) is 11.6 Å². The van der Waals surface area contributed by atoms with Gasteiger partial charge in [0.15, 0.2) is 0 Å². The number of hydrogen-bond acceptors (Lipinski definition) is 2. The number of benzene rings is 1. The van der Waals surface area contributed by atoms with Crippen LogP contribution in [0, 0.1) is 5.92 Å². The standard InChI is InChI=1S/C15H22ClNO2/c1-10(2)14(12-4-6-13(16)7-5-12)15(19)17-9-8-11(3)18/h4-7,10-11,14,18H,8-9H2,1-3H3,(H,17,19). The largest absolute Gasteiger partial charge is 0.393 e. The van der Waals surface area contributed by atoms with E-state index in [0.29, 0.717) is 18.0 Å². The molecule has 0 saturated carbocycles. The molecule has 2 N–H and O–H groups in total. The number of amides is 1. The number of carbonyl (C=O) groups excluding carboxylic acids is 1. The van der Waals surface area contributed by atoms with Crippen LogP contribution in [-0.4, -0.2) is 23.7 Å². The van der Waals surface area contributed by atoms with Crippen molar-refractivity contribution in [2.75, 3.05) is 6.54 Å². The molecular weight excluding hydrogens is 262 g/mol. The number of aliphatic hydroxyl groups excluding tert-OH is 1. The van der Waals surface area contributed by atoms with Crippen molar-refractivity contribution in [3.05, 3.63) is 34.9 Å².